The van der Waals surface area contributed by atoms with E-state index >= 15 is 0 Å². The molecule has 0 aliphatic heterocycles. The topological polar surface area (TPSA) is 127 Å². The molecule has 2 heterocycles. The molecule has 0 spiro atoms. The van der Waals surface area contributed by atoms with Crippen LogP contribution in [-0.4, -0.2) is 45.6 Å². The van der Waals surface area contributed by atoms with Crippen LogP contribution in [0, 0.1) is 5.82 Å². The number of pyridine rings is 1. The highest BCUT2D eigenvalue weighted by molar-refractivity contribution is 9.10. The lowest BCUT2D eigenvalue weighted by Crippen LogP contribution is -2.38. The quantitative estimate of drug-likeness (QED) is 0.347. The molecule has 0 saturated carbocycles. The van der Waals surface area contributed by atoms with Gasteiger partial charge in [-0.25, -0.2) is 19.5 Å². The zero-order chi connectivity index (χ0) is 25.0. The molecular formula is C20H16Br2ClFN6O4. The third kappa shape index (κ3) is 5.78. The summed E-state index contributed by atoms with van der Waals surface area (Å²) < 4.78 is 15.7. The lowest BCUT2D eigenvalue weighted by molar-refractivity contribution is -0.134. The number of anilines is 1. The van der Waals surface area contributed by atoms with E-state index in [9.17, 15) is 18.8 Å². The van der Waals surface area contributed by atoms with Gasteiger partial charge >= 0.3 is 0 Å². The molecule has 0 fully saturated rings. The van der Waals surface area contributed by atoms with Crippen LogP contribution >= 0.6 is 43.5 Å². The molecule has 178 valence electrons. The zero-order valence-electron chi connectivity index (χ0n) is 17.5. The van der Waals surface area contributed by atoms with E-state index in [1.54, 1.807) is 12.1 Å². The predicted molar refractivity (Wildman–Crippen MR) is 128 cm³/mol. The molecule has 0 bridgehead atoms. The smallest absolute Gasteiger partial charge is 0.277 e. The molecule has 0 radical (unpaired) electrons. The second-order valence-corrected chi connectivity index (χ2v) is 8.72. The number of rotatable bonds is 7. The minimum atomic E-state index is -1.01. The summed E-state index contributed by atoms with van der Waals surface area (Å²) in [6, 6.07) is 6.61. The van der Waals surface area contributed by atoms with Crippen molar-refractivity contribution in [3.8, 4) is 5.82 Å². The molecule has 0 aliphatic rings. The minimum Gasteiger partial charge on any atom is -0.357 e. The van der Waals surface area contributed by atoms with Crippen molar-refractivity contribution < 1.29 is 23.6 Å². The van der Waals surface area contributed by atoms with Crippen LogP contribution in [0.25, 0.3) is 5.82 Å². The van der Waals surface area contributed by atoms with E-state index in [4.69, 9.17) is 16.4 Å². The summed E-state index contributed by atoms with van der Waals surface area (Å²) in [5.41, 5.74) is 1.80. The number of amides is 3. The van der Waals surface area contributed by atoms with Crippen LogP contribution < -0.4 is 16.1 Å². The normalized spacial score (nSPS) is 11.6. The predicted octanol–water partition coefficient (Wildman–Crippen LogP) is 3.63. The lowest BCUT2D eigenvalue weighted by atomic mass is 10.1. The fourth-order valence-electron chi connectivity index (χ4n) is 2.72. The van der Waals surface area contributed by atoms with Gasteiger partial charge in [-0.05, 0) is 63.0 Å². The largest absolute Gasteiger partial charge is 0.357 e. The highest BCUT2D eigenvalue weighted by atomic mass is 79.9. The second kappa shape index (κ2) is 11.0. The standard InChI is InChI=1S/C20H16Br2ClFN6O4/c1-9(18(31)25-2)34-29-19(32)11-6-10(24)7-12(21)16(11)27-20(33)14-8-15(22)28-30(14)17-13(23)4-3-5-26-17/h3-9H,1-2H3,(H,25,31)(H,27,33)(H,29,32). The molecule has 0 aliphatic carbocycles. The first-order valence-corrected chi connectivity index (χ1v) is 11.4. The number of hydrogen-bond acceptors (Lipinski definition) is 6. The maximum absolute atomic E-state index is 14.1. The van der Waals surface area contributed by atoms with Crippen molar-refractivity contribution in [3.63, 3.8) is 0 Å². The van der Waals surface area contributed by atoms with Gasteiger partial charge in [-0.15, -0.1) is 0 Å². The van der Waals surface area contributed by atoms with Crippen molar-refractivity contribution in [3.05, 3.63) is 67.7 Å². The SMILES string of the molecule is CNC(=O)C(C)ONC(=O)c1cc(F)cc(Br)c1NC(=O)c1cc(Br)nn1-c1ncccc1Cl. The zero-order valence-corrected chi connectivity index (χ0v) is 21.5. The third-order valence-corrected chi connectivity index (χ3v) is 5.64. The minimum absolute atomic E-state index is 0.0274. The van der Waals surface area contributed by atoms with Crippen LogP contribution in [0.5, 0.6) is 0 Å². The first-order valence-electron chi connectivity index (χ1n) is 9.46. The highest BCUT2D eigenvalue weighted by Gasteiger charge is 2.24. The molecule has 3 N–H and O–H groups in total. The Bertz CT molecular complexity index is 1270. The maximum atomic E-state index is 14.1. The summed E-state index contributed by atoms with van der Waals surface area (Å²) in [5.74, 6) is -2.62. The van der Waals surface area contributed by atoms with E-state index in [-0.39, 0.29) is 32.3 Å². The van der Waals surface area contributed by atoms with Crippen LogP contribution in [0.4, 0.5) is 10.1 Å². The van der Waals surface area contributed by atoms with Crippen LogP contribution in [0.2, 0.25) is 5.02 Å². The van der Waals surface area contributed by atoms with E-state index < -0.39 is 29.6 Å². The first kappa shape index (κ1) is 25.7. The summed E-state index contributed by atoms with van der Waals surface area (Å²) >= 11 is 12.6. The highest BCUT2D eigenvalue weighted by Crippen LogP contribution is 2.30. The molecule has 3 rings (SSSR count). The van der Waals surface area contributed by atoms with Gasteiger partial charge in [-0.1, -0.05) is 11.6 Å². The van der Waals surface area contributed by atoms with Gasteiger partial charge in [-0.3, -0.25) is 19.2 Å². The molecule has 3 amide bonds. The monoisotopic (exact) mass is 616 g/mol. The fraction of sp³-hybridized carbons (Fsp3) is 0.150. The number of aromatic nitrogens is 3. The van der Waals surface area contributed by atoms with Gasteiger partial charge < -0.3 is 10.6 Å². The molecule has 0 saturated heterocycles. The number of nitrogens with zero attached hydrogens (tertiary/aromatic N) is 3. The lowest BCUT2D eigenvalue weighted by Gasteiger charge is -2.16. The van der Waals surface area contributed by atoms with Crippen molar-refractivity contribution >= 4 is 66.9 Å². The van der Waals surface area contributed by atoms with E-state index in [1.165, 1.54) is 30.9 Å². The number of nitrogens with one attached hydrogen (secondary N) is 3. The molecule has 1 aromatic carbocycles. The Morgan fingerprint density at radius 2 is 1.94 bits per heavy atom. The van der Waals surface area contributed by atoms with E-state index in [0.717, 1.165) is 12.1 Å². The maximum Gasteiger partial charge on any atom is 0.277 e. The molecule has 34 heavy (non-hydrogen) atoms. The van der Waals surface area contributed by atoms with Gasteiger partial charge in [0.05, 0.1) is 16.3 Å². The Hall–Kier alpha value is -2.87. The second-order valence-electron chi connectivity index (χ2n) is 6.64. The Morgan fingerprint density at radius 1 is 1.21 bits per heavy atom. The van der Waals surface area contributed by atoms with E-state index in [1.807, 2.05) is 0 Å². The van der Waals surface area contributed by atoms with Crippen LogP contribution in [0.15, 0.2) is 45.6 Å². The number of benzene rings is 1. The average Bonchev–Trinajstić information content (AvgIpc) is 3.19. The van der Waals surface area contributed by atoms with E-state index in [2.05, 4.69) is 58.1 Å². The van der Waals surface area contributed by atoms with Gasteiger partial charge in [0.25, 0.3) is 17.7 Å². The molecule has 14 heteroatoms. The van der Waals surface area contributed by atoms with Crippen molar-refractivity contribution in [2.24, 2.45) is 0 Å². The first-order chi connectivity index (χ1) is 16.1. The molecule has 1 atom stereocenters. The molecule has 2 aromatic heterocycles. The average molecular weight is 619 g/mol. The van der Waals surface area contributed by atoms with E-state index in [0.29, 0.717) is 4.60 Å². The van der Waals surface area contributed by atoms with Crippen molar-refractivity contribution in [2.75, 3.05) is 12.4 Å². The van der Waals surface area contributed by atoms with Gasteiger partial charge in [0.2, 0.25) is 0 Å². The summed E-state index contributed by atoms with van der Waals surface area (Å²) in [6.07, 6.45) is 0.468. The summed E-state index contributed by atoms with van der Waals surface area (Å²) in [6.45, 7) is 1.41. The number of hydroxylamine groups is 1. The number of carbonyl (C=O) groups is 3. The van der Waals surface area contributed by atoms with Crippen molar-refractivity contribution in [2.45, 2.75) is 13.0 Å². The summed E-state index contributed by atoms with van der Waals surface area (Å²) in [5, 5.41) is 9.36. The Kier molecular flexibility index (Phi) is 8.36. The van der Waals surface area contributed by atoms with Gasteiger partial charge in [0.1, 0.15) is 16.1 Å². The number of hydrogen-bond donors (Lipinski definition) is 3. The summed E-state index contributed by atoms with van der Waals surface area (Å²) in [7, 11) is 1.41. The Balaban J connectivity index is 1.92. The number of carbonyl (C=O) groups excluding carboxylic acids is 3. The summed E-state index contributed by atoms with van der Waals surface area (Å²) in [4.78, 5) is 46.6. The molecule has 10 nitrogen and oxygen atoms in total. The molecule has 1 unspecified atom stereocenters. The fourth-order valence-corrected chi connectivity index (χ4v) is 3.83. The van der Waals surface area contributed by atoms with Crippen molar-refractivity contribution in [1.29, 1.82) is 0 Å². The van der Waals surface area contributed by atoms with Crippen LogP contribution in [0.1, 0.15) is 27.8 Å². The van der Waals surface area contributed by atoms with Crippen LogP contribution in [0.3, 0.4) is 0 Å². The van der Waals surface area contributed by atoms with Crippen LogP contribution in [-0.2, 0) is 9.63 Å². The van der Waals surface area contributed by atoms with Crippen molar-refractivity contribution in [1.82, 2.24) is 25.6 Å². The third-order valence-electron chi connectivity index (χ3n) is 4.33. The van der Waals surface area contributed by atoms with Gasteiger partial charge in [0, 0.05) is 23.8 Å². The molecule has 3 aromatic rings. The number of likely N-dealkylation sites (N-methyl/N-ethyl adjacent to an activating group) is 1. The molecular weight excluding hydrogens is 603 g/mol. The number of halogens is 4. The Morgan fingerprint density at radius 3 is 2.62 bits per heavy atom. The Labute approximate surface area is 214 Å². The van der Waals surface area contributed by atoms with Gasteiger partial charge in [-0.2, -0.15) is 5.10 Å². The van der Waals surface area contributed by atoms with Gasteiger partial charge in [0.15, 0.2) is 11.9 Å².